The van der Waals surface area contributed by atoms with Crippen LogP contribution < -0.4 is 0 Å². The third kappa shape index (κ3) is 11.0. The Balaban J connectivity index is 3.13. The van der Waals surface area contributed by atoms with E-state index in [-0.39, 0.29) is 0 Å². The lowest BCUT2D eigenvalue weighted by Crippen LogP contribution is -1.91. The molecule has 0 aliphatic carbocycles. The van der Waals surface area contributed by atoms with Crippen molar-refractivity contribution in [1.29, 1.82) is 0 Å². The van der Waals surface area contributed by atoms with Crippen molar-refractivity contribution < 1.29 is 9.09 Å². The summed E-state index contributed by atoms with van der Waals surface area (Å²) in [7, 11) is 0. The Morgan fingerprint density at radius 1 is 0.938 bits per heavy atom. The first-order valence-corrected chi connectivity index (χ1v) is 9.27. The van der Waals surface area contributed by atoms with Crippen molar-refractivity contribution in [3.8, 4) is 0 Å². The summed E-state index contributed by atoms with van der Waals surface area (Å²) >= 11 is 5.65. The van der Waals surface area contributed by atoms with E-state index in [0.29, 0.717) is 12.8 Å². The van der Waals surface area contributed by atoms with Gasteiger partial charge in [0.15, 0.2) is 0 Å². The molecule has 0 N–H and O–H groups in total. The summed E-state index contributed by atoms with van der Waals surface area (Å²) in [4.78, 5) is 0. The maximum absolute atomic E-state index is 11.3. The monoisotopic (exact) mass is 268 g/mol. The Morgan fingerprint density at radius 3 is 1.94 bits per heavy atom. The molecule has 0 saturated heterocycles. The zero-order chi connectivity index (χ0) is 12.3. The molecule has 0 aromatic heterocycles. The van der Waals surface area contributed by atoms with E-state index in [0.717, 1.165) is 12.8 Å². The molecule has 0 heterocycles. The molecule has 0 aromatic rings. The molecule has 2 nitrogen and oxygen atoms in total. The van der Waals surface area contributed by atoms with Crippen LogP contribution in [0.4, 0.5) is 0 Å². The molecular formula is C12H26ClO2P. The second-order valence-electron chi connectivity index (χ2n) is 4.21. The predicted octanol–water partition coefficient (Wildman–Crippen LogP) is 5.60. The summed E-state index contributed by atoms with van der Waals surface area (Å²) in [5.74, 6) is 0. The van der Waals surface area contributed by atoms with Crippen LogP contribution in [-0.4, -0.2) is 12.8 Å². The highest BCUT2D eigenvalue weighted by atomic mass is 35.7. The number of hydrogen-bond acceptors (Lipinski definition) is 2. The highest BCUT2D eigenvalue weighted by Gasteiger charge is 2.14. The van der Waals surface area contributed by atoms with Gasteiger partial charge in [0.1, 0.15) is 0 Å². The van der Waals surface area contributed by atoms with Crippen LogP contribution in [0.15, 0.2) is 0 Å². The van der Waals surface area contributed by atoms with E-state index in [2.05, 4.69) is 6.92 Å². The fourth-order valence-electron chi connectivity index (χ4n) is 1.53. The van der Waals surface area contributed by atoms with Gasteiger partial charge in [0.25, 0.3) is 6.72 Å². The normalized spacial score (nSPS) is 14.9. The zero-order valence-electron chi connectivity index (χ0n) is 10.7. The molecule has 0 amide bonds. The second kappa shape index (κ2) is 10.6. The van der Waals surface area contributed by atoms with Gasteiger partial charge >= 0.3 is 0 Å². The smallest absolute Gasteiger partial charge is 0.289 e. The lowest BCUT2D eigenvalue weighted by atomic mass is 10.1. The Morgan fingerprint density at radius 2 is 1.44 bits per heavy atom. The average molecular weight is 269 g/mol. The Bertz CT molecular complexity index is 197. The summed E-state index contributed by atoms with van der Waals surface area (Å²) in [5, 5.41) is 0. The molecule has 4 heteroatoms. The fourth-order valence-corrected chi connectivity index (χ4v) is 2.32. The van der Waals surface area contributed by atoms with Crippen LogP contribution in [0.2, 0.25) is 0 Å². The van der Waals surface area contributed by atoms with Gasteiger partial charge in [-0.15, -0.1) is 0 Å². The van der Waals surface area contributed by atoms with Crippen LogP contribution in [0.3, 0.4) is 0 Å². The molecular weight excluding hydrogens is 243 g/mol. The van der Waals surface area contributed by atoms with Gasteiger partial charge in [-0.25, -0.2) is 0 Å². The minimum absolute atomic E-state index is 0.422. The van der Waals surface area contributed by atoms with E-state index >= 15 is 0 Å². The van der Waals surface area contributed by atoms with Crippen LogP contribution in [-0.2, 0) is 9.09 Å². The largest absolute Gasteiger partial charge is 0.318 e. The van der Waals surface area contributed by atoms with Gasteiger partial charge in [0.2, 0.25) is 0 Å². The molecule has 98 valence electrons. The fraction of sp³-hybridized carbons (Fsp3) is 1.00. The quantitative estimate of drug-likeness (QED) is 0.360. The molecule has 0 spiro atoms. The standard InChI is InChI=1S/C12H26ClO2P/c1-3-5-6-7-8-9-10-11-12-15-16(13,14)4-2/h3-12H2,1-2H3. The SMILES string of the molecule is CCCCCCCCCCOP(=O)(Cl)CC. The second-order valence-corrected chi connectivity index (χ2v) is 7.83. The van der Waals surface area contributed by atoms with Crippen LogP contribution in [0.5, 0.6) is 0 Å². The molecule has 1 atom stereocenters. The van der Waals surface area contributed by atoms with E-state index in [9.17, 15) is 4.57 Å². The van der Waals surface area contributed by atoms with Crippen molar-refractivity contribution in [2.45, 2.75) is 65.2 Å². The van der Waals surface area contributed by atoms with Gasteiger partial charge in [-0.1, -0.05) is 58.8 Å². The number of rotatable bonds is 11. The van der Waals surface area contributed by atoms with Gasteiger partial charge in [-0.2, -0.15) is 0 Å². The Labute approximate surface area is 105 Å². The minimum Gasteiger partial charge on any atom is -0.318 e. The molecule has 1 unspecified atom stereocenters. The van der Waals surface area contributed by atoms with E-state index in [1.54, 1.807) is 6.92 Å². The molecule has 0 aliphatic rings. The number of unbranched alkanes of at least 4 members (excludes halogenated alkanes) is 7. The van der Waals surface area contributed by atoms with Gasteiger partial charge < -0.3 is 4.52 Å². The molecule has 0 aliphatic heterocycles. The van der Waals surface area contributed by atoms with Crippen molar-refractivity contribution in [1.82, 2.24) is 0 Å². The molecule has 0 fully saturated rings. The third-order valence-electron chi connectivity index (χ3n) is 2.66. The summed E-state index contributed by atoms with van der Waals surface area (Å²) < 4.78 is 16.5. The van der Waals surface area contributed by atoms with Crippen LogP contribution >= 0.6 is 18.0 Å². The molecule has 16 heavy (non-hydrogen) atoms. The zero-order valence-corrected chi connectivity index (χ0v) is 12.4. The van der Waals surface area contributed by atoms with Gasteiger partial charge in [-0.3, -0.25) is 4.57 Å². The van der Waals surface area contributed by atoms with Crippen molar-refractivity contribution in [3.05, 3.63) is 0 Å². The van der Waals surface area contributed by atoms with Crippen LogP contribution in [0.1, 0.15) is 65.2 Å². The lowest BCUT2D eigenvalue weighted by Gasteiger charge is -2.08. The van der Waals surface area contributed by atoms with Crippen molar-refractivity contribution in [2.75, 3.05) is 12.8 Å². The van der Waals surface area contributed by atoms with Gasteiger partial charge in [-0.05, 0) is 17.7 Å². The van der Waals surface area contributed by atoms with E-state index in [4.69, 9.17) is 15.8 Å². The summed E-state index contributed by atoms with van der Waals surface area (Å²) in [6, 6.07) is 0. The first kappa shape index (κ1) is 16.5. The highest BCUT2D eigenvalue weighted by Crippen LogP contribution is 2.51. The Hall–Kier alpha value is 0.480. The van der Waals surface area contributed by atoms with E-state index < -0.39 is 6.72 Å². The van der Waals surface area contributed by atoms with E-state index in [1.807, 2.05) is 0 Å². The number of hydrogen-bond donors (Lipinski definition) is 0. The predicted molar refractivity (Wildman–Crippen MR) is 72.6 cm³/mol. The summed E-state index contributed by atoms with van der Waals surface area (Å²) in [6.45, 7) is 1.80. The molecule has 0 rings (SSSR count). The first-order chi connectivity index (χ1) is 7.62. The van der Waals surface area contributed by atoms with Gasteiger partial charge in [0.05, 0.1) is 6.61 Å². The minimum atomic E-state index is -2.77. The third-order valence-corrected chi connectivity index (χ3v) is 4.99. The van der Waals surface area contributed by atoms with E-state index in [1.165, 1.54) is 38.5 Å². The molecule has 0 saturated carbocycles. The lowest BCUT2D eigenvalue weighted by molar-refractivity contribution is 0.311. The summed E-state index contributed by atoms with van der Waals surface area (Å²) in [5.41, 5.74) is 0. The van der Waals surface area contributed by atoms with Crippen LogP contribution in [0, 0.1) is 0 Å². The van der Waals surface area contributed by atoms with Crippen molar-refractivity contribution in [3.63, 3.8) is 0 Å². The van der Waals surface area contributed by atoms with Crippen molar-refractivity contribution in [2.24, 2.45) is 0 Å². The number of halogens is 1. The maximum atomic E-state index is 11.3. The molecule has 0 bridgehead atoms. The molecule has 0 aromatic carbocycles. The van der Waals surface area contributed by atoms with Crippen molar-refractivity contribution >= 4 is 18.0 Å². The Kier molecular flexibility index (Phi) is 10.9. The molecule has 0 radical (unpaired) electrons. The average Bonchev–Trinajstić information content (AvgIpc) is 2.27. The maximum Gasteiger partial charge on any atom is 0.289 e. The topological polar surface area (TPSA) is 26.3 Å². The van der Waals surface area contributed by atoms with Crippen LogP contribution in [0.25, 0.3) is 0 Å². The summed E-state index contributed by atoms with van der Waals surface area (Å²) in [6.07, 6.45) is 10.5. The van der Waals surface area contributed by atoms with Gasteiger partial charge in [0, 0.05) is 6.16 Å². The highest BCUT2D eigenvalue weighted by molar-refractivity contribution is 7.85. The first-order valence-electron chi connectivity index (χ1n) is 6.55.